The van der Waals surface area contributed by atoms with Crippen molar-refractivity contribution >= 4 is 29.2 Å². The molecule has 1 amide bonds. The lowest BCUT2D eigenvalue weighted by Crippen LogP contribution is -2.15. The number of rotatable bonds is 4. The maximum Gasteiger partial charge on any atom is 0.340 e. The van der Waals surface area contributed by atoms with Crippen molar-refractivity contribution < 1.29 is 28.8 Å². The van der Waals surface area contributed by atoms with Crippen LogP contribution in [0.2, 0.25) is 0 Å². The maximum absolute atomic E-state index is 11.7. The summed E-state index contributed by atoms with van der Waals surface area (Å²) in [5.41, 5.74) is -1.48. The molecule has 1 aromatic carbocycles. The molecule has 0 radical (unpaired) electrons. The normalized spacial score (nSPS) is 9.67. The van der Waals surface area contributed by atoms with Crippen molar-refractivity contribution in [2.24, 2.45) is 0 Å². The maximum atomic E-state index is 11.7. The first-order valence-corrected chi connectivity index (χ1v) is 5.58. The summed E-state index contributed by atoms with van der Waals surface area (Å²) in [7, 11) is 2.16. The summed E-state index contributed by atoms with van der Waals surface area (Å²) in [5.74, 6) is -2.42. The van der Waals surface area contributed by atoms with Crippen LogP contribution < -0.4 is 5.32 Å². The fourth-order valence-electron chi connectivity index (χ4n) is 1.58. The molecule has 0 bridgehead atoms. The Morgan fingerprint density at radius 3 is 2.14 bits per heavy atom. The zero-order valence-corrected chi connectivity index (χ0v) is 11.5. The second kappa shape index (κ2) is 6.46. The lowest BCUT2D eigenvalue weighted by molar-refractivity contribution is -0.384. The van der Waals surface area contributed by atoms with Crippen molar-refractivity contribution in [3.8, 4) is 0 Å². The van der Waals surface area contributed by atoms with Gasteiger partial charge in [-0.2, -0.15) is 0 Å². The molecule has 0 fully saturated rings. The molecule has 0 aromatic heterocycles. The van der Waals surface area contributed by atoms with Gasteiger partial charge in [-0.25, -0.2) is 9.59 Å². The highest BCUT2D eigenvalue weighted by Crippen LogP contribution is 2.31. The highest BCUT2D eigenvalue weighted by atomic mass is 16.6. The molecule has 0 spiro atoms. The van der Waals surface area contributed by atoms with Crippen LogP contribution in [-0.2, 0) is 14.3 Å². The van der Waals surface area contributed by atoms with Crippen molar-refractivity contribution in [2.45, 2.75) is 6.92 Å². The number of amides is 1. The quantitative estimate of drug-likeness (QED) is 0.501. The van der Waals surface area contributed by atoms with E-state index in [9.17, 15) is 24.5 Å². The van der Waals surface area contributed by atoms with Crippen LogP contribution in [-0.4, -0.2) is 37.0 Å². The molecule has 0 aliphatic heterocycles. The number of nitro benzene ring substituents is 1. The molecule has 9 nitrogen and oxygen atoms in total. The van der Waals surface area contributed by atoms with Crippen LogP contribution in [0.15, 0.2) is 12.1 Å². The first kappa shape index (κ1) is 16.1. The SMILES string of the molecule is COC(=O)c1cc(C(=O)OC)c(NC(C)=O)c([N+](=O)[O-])c1. The molecule has 0 saturated carbocycles. The van der Waals surface area contributed by atoms with Crippen LogP contribution in [0.4, 0.5) is 11.4 Å². The van der Waals surface area contributed by atoms with Crippen molar-refractivity contribution in [1.29, 1.82) is 0 Å². The van der Waals surface area contributed by atoms with Crippen LogP contribution in [0.25, 0.3) is 0 Å². The average molecular weight is 296 g/mol. The Bertz CT molecular complexity index is 624. The van der Waals surface area contributed by atoms with Crippen molar-refractivity contribution in [1.82, 2.24) is 0 Å². The average Bonchev–Trinajstić information content (AvgIpc) is 2.44. The predicted octanol–water partition coefficient (Wildman–Crippen LogP) is 1.13. The van der Waals surface area contributed by atoms with Crippen LogP contribution in [0.1, 0.15) is 27.6 Å². The largest absolute Gasteiger partial charge is 0.465 e. The Hall–Kier alpha value is -2.97. The Labute approximate surface area is 119 Å². The second-order valence-electron chi connectivity index (χ2n) is 3.84. The van der Waals surface area contributed by atoms with E-state index in [1.165, 1.54) is 0 Å². The molecule has 0 aliphatic carbocycles. The molecule has 0 aliphatic rings. The third-order valence-electron chi connectivity index (χ3n) is 2.44. The lowest BCUT2D eigenvalue weighted by atomic mass is 10.1. The number of methoxy groups -OCH3 is 2. The van der Waals surface area contributed by atoms with Crippen molar-refractivity contribution in [3.63, 3.8) is 0 Å². The molecule has 0 unspecified atom stereocenters. The van der Waals surface area contributed by atoms with Gasteiger partial charge in [0.05, 0.1) is 30.3 Å². The molecule has 0 saturated heterocycles. The predicted molar refractivity (Wildman–Crippen MR) is 70.1 cm³/mol. The van der Waals surface area contributed by atoms with Gasteiger partial charge in [0.15, 0.2) is 0 Å². The van der Waals surface area contributed by atoms with Gasteiger partial charge in [-0.15, -0.1) is 0 Å². The minimum absolute atomic E-state index is 0.210. The van der Waals surface area contributed by atoms with E-state index >= 15 is 0 Å². The molecule has 0 heterocycles. The molecule has 1 aromatic rings. The minimum Gasteiger partial charge on any atom is -0.465 e. The molecule has 9 heteroatoms. The van der Waals surface area contributed by atoms with Gasteiger partial charge in [0.1, 0.15) is 5.69 Å². The van der Waals surface area contributed by atoms with E-state index < -0.39 is 28.5 Å². The first-order valence-electron chi connectivity index (χ1n) is 5.58. The van der Waals surface area contributed by atoms with Crippen LogP contribution in [0.3, 0.4) is 0 Å². The van der Waals surface area contributed by atoms with E-state index in [4.69, 9.17) is 0 Å². The van der Waals surface area contributed by atoms with E-state index in [1.54, 1.807) is 0 Å². The zero-order valence-electron chi connectivity index (χ0n) is 11.5. The number of benzene rings is 1. The fraction of sp³-hybridized carbons (Fsp3) is 0.250. The summed E-state index contributed by atoms with van der Waals surface area (Å²) in [5, 5.41) is 13.3. The smallest absolute Gasteiger partial charge is 0.340 e. The van der Waals surface area contributed by atoms with Crippen LogP contribution in [0, 0.1) is 10.1 Å². The second-order valence-corrected chi connectivity index (χ2v) is 3.84. The molecule has 0 atom stereocenters. The van der Waals surface area contributed by atoms with E-state index in [-0.39, 0.29) is 16.8 Å². The summed E-state index contributed by atoms with van der Waals surface area (Å²) in [6, 6.07) is 1.96. The molecule has 21 heavy (non-hydrogen) atoms. The van der Waals surface area contributed by atoms with Gasteiger partial charge in [0, 0.05) is 13.0 Å². The summed E-state index contributed by atoms with van der Waals surface area (Å²) >= 11 is 0. The number of carbonyl (C=O) groups excluding carboxylic acids is 3. The van der Waals surface area contributed by atoms with Gasteiger partial charge < -0.3 is 14.8 Å². The number of hydrogen-bond donors (Lipinski definition) is 1. The molecule has 1 rings (SSSR count). The first-order chi connectivity index (χ1) is 9.81. The number of ether oxygens (including phenoxy) is 2. The number of nitro groups is 1. The van der Waals surface area contributed by atoms with E-state index in [1.807, 2.05) is 0 Å². The Kier molecular flexibility index (Phi) is 4.95. The highest BCUT2D eigenvalue weighted by Gasteiger charge is 2.27. The third-order valence-corrected chi connectivity index (χ3v) is 2.44. The topological polar surface area (TPSA) is 125 Å². The van der Waals surface area contributed by atoms with Gasteiger partial charge in [0.2, 0.25) is 5.91 Å². The van der Waals surface area contributed by atoms with Gasteiger partial charge in [-0.05, 0) is 6.07 Å². The summed E-state index contributed by atoms with van der Waals surface area (Å²) in [6.45, 7) is 1.12. The highest BCUT2D eigenvalue weighted by molar-refractivity contribution is 6.06. The Morgan fingerprint density at radius 2 is 1.71 bits per heavy atom. The lowest BCUT2D eigenvalue weighted by Gasteiger charge is -2.10. The number of nitrogens with zero attached hydrogens (tertiary/aromatic N) is 1. The van der Waals surface area contributed by atoms with Gasteiger partial charge in [-0.1, -0.05) is 0 Å². The monoisotopic (exact) mass is 296 g/mol. The van der Waals surface area contributed by atoms with E-state index in [0.29, 0.717) is 0 Å². The molecule has 1 N–H and O–H groups in total. The minimum atomic E-state index is -0.937. The number of esters is 2. The van der Waals surface area contributed by atoms with Gasteiger partial charge in [-0.3, -0.25) is 14.9 Å². The zero-order chi connectivity index (χ0) is 16.2. The van der Waals surface area contributed by atoms with E-state index in [2.05, 4.69) is 14.8 Å². The van der Waals surface area contributed by atoms with Crippen molar-refractivity contribution in [2.75, 3.05) is 19.5 Å². The molecular formula is C12H12N2O7. The van der Waals surface area contributed by atoms with Gasteiger partial charge >= 0.3 is 11.9 Å². The van der Waals surface area contributed by atoms with Gasteiger partial charge in [0.25, 0.3) is 5.69 Å². The molecular weight excluding hydrogens is 284 g/mol. The summed E-state index contributed by atoms with van der Waals surface area (Å²) in [6.07, 6.45) is 0. The Morgan fingerprint density at radius 1 is 1.14 bits per heavy atom. The van der Waals surface area contributed by atoms with Crippen LogP contribution in [0.5, 0.6) is 0 Å². The Balaban J connectivity index is 3.64. The fourth-order valence-corrected chi connectivity index (χ4v) is 1.58. The summed E-state index contributed by atoms with van der Waals surface area (Å²) < 4.78 is 8.96. The number of hydrogen-bond acceptors (Lipinski definition) is 7. The number of anilines is 1. The summed E-state index contributed by atoms with van der Waals surface area (Å²) in [4.78, 5) is 44.6. The third kappa shape index (κ3) is 3.53. The molecule has 112 valence electrons. The standard InChI is InChI=1S/C12H12N2O7/c1-6(15)13-10-8(12(17)21-3)4-7(11(16)20-2)5-9(10)14(18)19/h4-5H,1-3H3,(H,13,15). The number of carbonyl (C=O) groups is 3. The van der Waals surface area contributed by atoms with E-state index in [0.717, 1.165) is 33.3 Å². The van der Waals surface area contributed by atoms with Crippen LogP contribution >= 0.6 is 0 Å². The van der Waals surface area contributed by atoms with Crippen molar-refractivity contribution in [3.05, 3.63) is 33.4 Å². The number of nitrogens with one attached hydrogen (secondary N) is 1.